The predicted octanol–water partition coefficient (Wildman–Crippen LogP) is 2.25. The molecule has 3 rings (SSSR count). The van der Waals surface area contributed by atoms with E-state index in [0.717, 1.165) is 19.0 Å². The molecule has 5 heteroatoms. The Morgan fingerprint density at radius 1 is 1.00 bits per heavy atom. The van der Waals surface area contributed by atoms with Crippen molar-refractivity contribution < 1.29 is 4.39 Å². The highest BCUT2D eigenvalue weighted by Crippen LogP contribution is 2.18. The molecule has 0 radical (unpaired) electrons. The molecule has 3 heterocycles. The van der Waals surface area contributed by atoms with Gasteiger partial charge in [-0.2, -0.15) is 0 Å². The zero-order chi connectivity index (χ0) is 11.7. The van der Waals surface area contributed by atoms with E-state index in [9.17, 15) is 4.39 Å². The fourth-order valence-electron chi connectivity index (χ4n) is 2.34. The summed E-state index contributed by atoms with van der Waals surface area (Å²) in [5.41, 5.74) is 0.700. The lowest BCUT2D eigenvalue weighted by Gasteiger charge is -2.19. The van der Waals surface area contributed by atoms with Crippen LogP contribution in [0.5, 0.6) is 0 Å². The summed E-state index contributed by atoms with van der Waals surface area (Å²) in [5.74, 6) is 0.509. The van der Waals surface area contributed by atoms with Crippen molar-refractivity contribution in [3.8, 4) is 0 Å². The lowest BCUT2D eigenvalue weighted by Crippen LogP contribution is -2.26. The van der Waals surface area contributed by atoms with Gasteiger partial charge in [-0.3, -0.25) is 4.40 Å². The summed E-state index contributed by atoms with van der Waals surface area (Å²) < 4.78 is 15.0. The Bertz CT molecular complexity index is 514. The number of anilines is 1. The molecular formula is C12H15FN4. The first-order chi connectivity index (χ1) is 8.34. The molecule has 1 fully saturated rings. The molecule has 90 valence electrons. The number of hydrogen-bond donors (Lipinski definition) is 0. The zero-order valence-corrected chi connectivity index (χ0v) is 9.64. The van der Waals surface area contributed by atoms with Crippen LogP contribution in [0.2, 0.25) is 0 Å². The third-order valence-corrected chi connectivity index (χ3v) is 3.24. The van der Waals surface area contributed by atoms with Crippen LogP contribution in [0.1, 0.15) is 25.7 Å². The molecule has 4 nitrogen and oxygen atoms in total. The van der Waals surface area contributed by atoms with Gasteiger partial charge in [0.15, 0.2) is 5.65 Å². The van der Waals surface area contributed by atoms with E-state index in [0.29, 0.717) is 5.65 Å². The van der Waals surface area contributed by atoms with E-state index in [-0.39, 0.29) is 5.82 Å². The number of aromatic nitrogens is 3. The van der Waals surface area contributed by atoms with Crippen molar-refractivity contribution in [1.82, 2.24) is 14.6 Å². The van der Waals surface area contributed by atoms with Crippen LogP contribution in [-0.4, -0.2) is 27.7 Å². The maximum Gasteiger partial charge on any atom is 0.231 e. The summed E-state index contributed by atoms with van der Waals surface area (Å²) in [6.07, 6.45) is 6.33. The van der Waals surface area contributed by atoms with Crippen LogP contribution in [0.3, 0.4) is 0 Å². The molecule has 2 aromatic rings. The number of hydrogen-bond acceptors (Lipinski definition) is 3. The fourth-order valence-corrected chi connectivity index (χ4v) is 2.34. The Morgan fingerprint density at radius 2 is 1.76 bits per heavy atom. The molecule has 1 aliphatic heterocycles. The van der Waals surface area contributed by atoms with Gasteiger partial charge < -0.3 is 4.90 Å². The minimum absolute atomic E-state index is 0.256. The fraction of sp³-hybridized carbons (Fsp3) is 0.500. The molecule has 0 atom stereocenters. The molecule has 1 aliphatic rings. The zero-order valence-electron chi connectivity index (χ0n) is 9.64. The van der Waals surface area contributed by atoms with Crippen molar-refractivity contribution in [2.75, 3.05) is 18.0 Å². The first-order valence-corrected chi connectivity index (χ1v) is 6.10. The van der Waals surface area contributed by atoms with Crippen LogP contribution in [0.4, 0.5) is 10.3 Å². The van der Waals surface area contributed by atoms with Crippen molar-refractivity contribution in [2.45, 2.75) is 25.7 Å². The van der Waals surface area contributed by atoms with Crippen LogP contribution in [0.15, 0.2) is 18.3 Å². The van der Waals surface area contributed by atoms with Gasteiger partial charge in [0, 0.05) is 19.3 Å². The van der Waals surface area contributed by atoms with E-state index < -0.39 is 0 Å². The summed E-state index contributed by atoms with van der Waals surface area (Å²) in [6, 6.07) is 3.07. The second-order valence-electron chi connectivity index (χ2n) is 4.48. The summed E-state index contributed by atoms with van der Waals surface area (Å²) in [4.78, 5) is 2.20. The Kier molecular flexibility index (Phi) is 2.66. The third kappa shape index (κ3) is 1.97. The van der Waals surface area contributed by atoms with E-state index in [1.54, 1.807) is 10.5 Å². The molecule has 0 aliphatic carbocycles. The van der Waals surface area contributed by atoms with Crippen LogP contribution >= 0.6 is 0 Å². The molecular weight excluding hydrogens is 219 g/mol. The minimum Gasteiger partial charge on any atom is -0.341 e. The Balaban J connectivity index is 2.00. The average molecular weight is 234 g/mol. The van der Waals surface area contributed by atoms with Crippen molar-refractivity contribution in [3.63, 3.8) is 0 Å². The molecule has 2 aromatic heterocycles. The first kappa shape index (κ1) is 10.5. The molecule has 0 amide bonds. The van der Waals surface area contributed by atoms with Crippen molar-refractivity contribution >= 4 is 11.6 Å². The van der Waals surface area contributed by atoms with Gasteiger partial charge >= 0.3 is 0 Å². The second-order valence-corrected chi connectivity index (χ2v) is 4.48. The number of pyridine rings is 1. The monoisotopic (exact) mass is 234 g/mol. The van der Waals surface area contributed by atoms with Gasteiger partial charge in [-0.1, -0.05) is 12.8 Å². The molecule has 0 spiro atoms. The summed E-state index contributed by atoms with van der Waals surface area (Å²) in [5, 5.41) is 8.24. The van der Waals surface area contributed by atoms with Crippen molar-refractivity contribution in [2.24, 2.45) is 0 Å². The number of rotatable bonds is 1. The van der Waals surface area contributed by atoms with Crippen molar-refractivity contribution in [1.29, 1.82) is 0 Å². The van der Waals surface area contributed by atoms with Gasteiger partial charge in [-0.05, 0) is 25.0 Å². The number of halogens is 1. The van der Waals surface area contributed by atoms with Gasteiger partial charge in [-0.15, -0.1) is 10.2 Å². The normalized spacial score (nSPS) is 17.4. The molecule has 0 aromatic carbocycles. The topological polar surface area (TPSA) is 33.4 Å². The lowest BCUT2D eigenvalue weighted by molar-refractivity contribution is 0.618. The van der Waals surface area contributed by atoms with E-state index in [1.807, 2.05) is 0 Å². The average Bonchev–Trinajstić information content (AvgIpc) is 2.58. The van der Waals surface area contributed by atoms with Crippen LogP contribution in [0, 0.1) is 5.82 Å². The maximum atomic E-state index is 13.2. The second kappa shape index (κ2) is 4.31. The predicted molar refractivity (Wildman–Crippen MR) is 63.6 cm³/mol. The number of fused-ring (bicyclic) bond motifs is 1. The SMILES string of the molecule is Fc1ccc2nnc(N3CCCCCC3)n2c1. The van der Waals surface area contributed by atoms with Crippen LogP contribution < -0.4 is 4.90 Å². The Morgan fingerprint density at radius 3 is 2.53 bits per heavy atom. The van der Waals surface area contributed by atoms with Gasteiger partial charge in [0.2, 0.25) is 5.95 Å². The molecule has 17 heavy (non-hydrogen) atoms. The standard InChI is InChI=1S/C12H15FN4/c13-10-5-6-11-14-15-12(17(11)9-10)16-7-3-1-2-4-8-16/h5-6,9H,1-4,7-8H2. The van der Waals surface area contributed by atoms with Gasteiger partial charge in [0.25, 0.3) is 0 Å². The van der Waals surface area contributed by atoms with Gasteiger partial charge in [0.05, 0.1) is 0 Å². The molecule has 0 saturated carbocycles. The molecule has 0 bridgehead atoms. The maximum absolute atomic E-state index is 13.2. The Hall–Kier alpha value is -1.65. The highest BCUT2D eigenvalue weighted by atomic mass is 19.1. The summed E-state index contributed by atoms with van der Waals surface area (Å²) in [7, 11) is 0. The minimum atomic E-state index is -0.256. The smallest absolute Gasteiger partial charge is 0.231 e. The van der Waals surface area contributed by atoms with E-state index in [2.05, 4.69) is 15.1 Å². The first-order valence-electron chi connectivity index (χ1n) is 6.10. The third-order valence-electron chi connectivity index (χ3n) is 3.24. The quantitative estimate of drug-likeness (QED) is 0.758. The van der Waals surface area contributed by atoms with Gasteiger partial charge in [0.1, 0.15) is 5.82 Å². The molecule has 0 unspecified atom stereocenters. The number of nitrogens with zero attached hydrogens (tertiary/aromatic N) is 4. The van der Waals surface area contributed by atoms with Crippen molar-refractivity contribution in [3.05, 3.63) is 24.1 Å². The largest absolute Gasteiger partial charge is 0.341 e. The molecule has 1 saturated heterocycles. The highest BCUT2D eigenvalue weighted by Gasteiger charge is 2.15. The van der Waals surface area contributed by atoms with Crippen LogP contribution in [-0.2, 0) is 0 Å². The van der Waals surface area contributed by atoms with Gasteiger partial charge in [-0.25, -0.2) is 4.39 Å². The summed E-state index contributed by atoms with van der Waals surface area (Å²) >= 11 is 0. The summed E-state index contributed by atoms with van der Waals surface area (Å²) in [6.45, 7) is 1.97. The highest BCUT2D eigenvalue weighted by molar-refractivity contribution is 5.46. The van der Waals surface area contributed by atoms with E-state index in [4.69, 9.17) is 0 Å². The Labute approximate surface area is 99.1 Å². The van der Waals surface area contributed by atoms with E-state index in [1.165, 1.54) is 37.9 Å². The van der Waals surface area contributed by atoms with E-state index >= 15 is 0 Å². The molecule has 0 N–H and O–H groups in total. The lowest BCUT2D eigenvalue weighted by atomic mass is 10.2. The van der Waals surface area contributed by atoms with Crippen LogP contribution in [0.25, 0.3) is 5.65 Å².